The van der Waals surface area contributed by atoms with Crippen LogP contribution in [0.4, 0.5) is 11.4 Å². The Morgan fingerprint density at radius 1 is 1.52 bits per heavy atom. The second-order valence-corrected chi connectivity index (χ2v) is 5.80. The van der Waals surface area contributed by atoms with Crippen LogP contribution in [0.5, 0.6) is 0 Å². The summed E-state index contributed by atoms with van der Waals surface area (Å²) in [6.07, 6.45) is 0. The van der Waals surface area contributed by atoms with Crippen LogP contribution in [0.1, 0.15) is 19.4 Å². The molecule has 2 aliphatic rings. The first-order valence-corrected chi connectivity index (χ1v) is 7.86. The molecule has 1 spiro atoms. The molecule has 138 valence electrons. The summed E-state index contributed by atoms with van der Waals surface area (Å²) < 4.78 is 10.3. The second-order valence-electron chi connectivity index (χ2n) is 5.80. The summed E-state index contributed by atoms with van der Waals surface area (Å²) in [4.78, 5) is 36.3. The number of rotatable bonds is 3. The lowest BCUT2D eigenvalue weighted by molar-refractivity contribution is -0.384. The number of anilines is 1. The first kappa shape index (κ1) is 17.9. The van der Waals surface area contributed by atoms with Crippen molar-refractivity contribution >= 4 is 23.3 Å². The number of benzene rings is 1. The Hall–Kier alpha value is -3.87. The fraction of sp³-hybridized carbons (Fsp3) is 0.235. The molecule has 0 fully saturated rings. The van der Waals surface area contributed by atoms with Gasteiger partial charge in [-0.05, 0) is 19.9 Å². The van der Waals surface area contributed by atoms with E-state index in [2.05, 4.69) is 5.32 Å². The summed E-state index contributed by atoms with van der Waals surface area (Å²) in [7, 11) is 0. The Balaban J connectivity index is 2.42. The largest absolute Gasteiger partial charge is 0.462 e. The monoisotopic (exact) mass is 370 g/mol. The topological polar surface area (TPSA) is 158 Å². The maximum atomic E-state index is 13.0. The molecule has 1 amide bonds. The molecular weight excluding hydrogens is 356 g/mol. The number of ether oxygens (including phenoxy) is 2. The Labute approximate surface area is 153 Å². The van der Waals surface area contributed by atoms with Crippen molar-refractivity contribution in [1.29, 1.82) is 5.26 Å². The van der Waals surface area contributed by atoms with Crippen molar-refractivity contribution in [3.05, 3.63) is 56.7 Å². The van der Waals surface area contributed by atoms with Gasteiger partial charge in [0.15, 0.2) is 5.41 Å². The summed E-state index contributed by atoms with van der Waals surface area (Å²) >= 11 is 0. The van der Waals surface area contributed by atoms with Crippen molar-refractivity contribution in [3.8, 4) is 6.07 Å². The Morgan fingerprint density at radius 2 is 2.22 bits per heavy atom. The van der Waals surface area contributed by atoms with Crippen molar-refractivity contribution in [2.75, 3.05) is 11.9 Å². The highest BCUT2D eigenvalue weighted by atomic mass is 16.6. The molecule has 10 nitrogen and oxygen atoms in total. The van der Waals surface area contributed by atoms with Gasteiger partial charge in [-0.1, -0.05) is 0 Å². The fourth-order valence-corrected chi connectivity index (χ4v) is 3.38. The second kappa shape index (κ2) is 6.14. The molecule has 0 unspecified atom stereocenters. The lowest BCUT2D eigenvalue weighted by Gasteiger charge is -2.33. The maximum Gasteiger partial charge on any atom is 0.339 e. The molecule has 0 aliphatic carbocycles. The Morgan fingerprint density at radius 3 is 2.81 bits per heavy atom. The van der Waals surface area contributed by atoms with Gasteiger partial charge in [-0.3, -0.25) is 14.9 Å². The third-order valence-corrected chi connectivity index (χ3v) is 4.41. The standard InChI is InChI=1S/C17H14N4O6/c1-3-26-15(22)13-8(2)27-14(19)11(7-18)17(13)10-6-9(21(24)25)4-5-12(10)20-16(17)23/h4-6H,3,19H2,1-2H3,(H,20,23)/t17-/m1/s1. The number of nitrogens with two attached hydrogens (primary N) is 1. The molecule has 1 aromatic carbocycles. The fourth-order valence-electron chi connectivity index (χ4n) is 3.38. The smallest absolute Gasteiger partial charge is 0.339 e. The van der Waals surface area contributed by atoms with Gasteiger partial charge in [0.2, 0.25) is 11.8 Å². The highest BCUT2D eigenvalue weighted by Crippen LogP contribution is 2.52. The van der Waals surface area contributed by atoms with E-state index >= 15 is 0 Å². The van der Waals surface area contributed by atoms with Gasteiger partial charge >= 0.3 is 5.97 Å². The van der Waals surface area contributed by atoms with Crippen LogP contribution in [0.2, 0.25) is 0 Å². The highest BCUT2D eigenvalue weighted by Gasteiger charge is 2.60. The van der Waals surface area contributed by atoms with Gasteiger partial charge in [0.25, 0.3) is 5.69 Å². The number of nitrogens with zero attached hydrogens (tertiary/aromatic N) is 2. The Kier molecular flexibility index (Phi) is 4.08. The summed E-state index contributed by atoms with van der Waals surface area (Å²) in [6.45, 7) is 2.99. The van der Waals surface area contributed by atoms with Crippen molar-refractivity contribution in [1.82, 2.24) is 0 Å². The van der Waals surface area contributed by atoms with Crippen LogP contribution in [0.25, 0.3) is 0 Å². The molecule has 0 radical (unpaired) electrons. The van der Waals surface area contributed by atoms with Crippen molar-refractivity contribution in [2.24, 2.45) is 5.73 Å². The van der Waals surface area contributed by atoms with Gasteiger partial charge in [-0.2, -0.15) is 5.26 Å². The lowest BCUT2D eigenvalue weighted by atomic mass is 9.68. The number of nitro groups is 1. The maximum absolute atomic E-state index is 13.0. The van der Waals surface area contributed by atoms with Crippen LogP contribution < -0.4 is 11.1 Å². The third-order valence-electron chi connectivity index (χ3n) is 4.41. The molecule has 3 rings (SSSR count). The van der Waals surface area contributed by atoms with Gasteiger partial charge < -0.3 is 20.5 Å². The number of nitro benzene ring substituents is 1. The normalized spacial score (nSPS) is 20.7. The number of nitrogens with one attached hydrogen (secondary N) is 1. The van der Waals surface area contributed by atoms with Crippen LogP contribution >= 0.6 is 0 Å². The van der Waals surface area contributed by atoms with Crippen LogP contribution in [0, 0.1) is 21.4 Å². The van der Waals surface area contributed by atoms with Crippen LogP contribution in [-0.2, 0) is 24.5 Å². The van der Waals surface area contributed by atoms with Gasteiger partial charge in [0, 0.05) is 23.4 Å². The number of carbonyl (C=O) groups excluding carboxylic acids is 2. The number of hydrogen-bond acceptors (Lipinski definition) is 8. The van der Waals surface area contributed by atoms with E-state index in [4.69, 9.17) is 15.2 Å². The van der Waals surface area contributed by atoms with E-state index in [0.717, 1.165) is 6.07 Å². The number of esters is 1. The number of carbonyl (C=O) groups is 2. The summed E-state index contributed by atoms with van der Waals surface area (Å²) in [5.41, 5.74) is 3.22. The molecule has 0 bridgehead atoms. The molecule has 0 saturated heterocycles. The number of allylic oxidation sites excluding steroid dienone is 1. The quantitative estimate of drug-likeness (QED) is 0.458. The van der Waals surface area contributed by atoms with E-state index in [-0.39, 0.29) is 46.3 Å². The minimum atomic E-state index is -1.99. The summed E-state index contributed by atoms with van der Waals surface area (Å²) in [6, 6.07) is 5.48. The first-order valence-electron chi connectivity index (χ1n) is 7.86. The highest BCUT2D eigenvalue weighted by molar-refractivity contribution is 6.17. The van der Waals surface area contributed by atoms with Gasteiger partial charge in [-0.15, -0.1) is 0 Å². The average Bonchev–Trinajstić information content (AvgIpc) is 2.87. The molecule has 2 aliphatic heterocycles. The molecular formula is C17H14N4O6. The van der Waals surface area contributed by atoms with Crippen molar-refractivity contribution in [2.45, 2.75) is 19.3 Å². The van der Waals surface area contributed by atoms with Crippen molar-refractivity contribution in [3.63, 3.8) is 0 Å². The SMILES string of the molecule is CCOC(=O)C1=C(C)OC(N)=C(C#N)[C@@]12C(=O)Nc1ccc([N+](=O)[O-])cc12. The zero-order chi connectivity index (χ0) is 19.9. The van der Waals surface area contributed by atoms with Gasteiger partial charge in [-0.25, -0.2) is 4.79 Å². The molecule has 3 N–H and O–H groups in total. The molecule has 0 aromatic heterocycles. The predicted octanol–water partition coefficient (Wildman–Crippen LogP) is 1.35. The molecule has 1 aromatic rings. The van der Waals surface area contributed by atoms with E-state index in [0.29, 0.717) is 0 Å². The number of fused-ring (bicyclic) bond motifs is 2. The minimum Gasteiger partial charge on any atom is -0.462 e. The van der Waals surface area contributed by atoms with E-state index in [1.807, 2.05) is 6.07 Å². The Bertz CT molecular complexity index is 1000. The average molecular weight is 370 g/mol. The molecule has 2 heterocycles. The molecule has 0 saturated carbocycles. The zero-order valence-electron chi connectivity index (χ0n) is 14.4. The third kappa shape index (κ3) is 2.32. The number of amides is 1. The lowest BCUT2D eigenvalue weighted by Crippen LogP contribution is -2.45. The van der Waals surface area contributed by atoms with Crippen LogP contribution in [-0.4, -0.2) is 23.4 Å². The van der Waals surface area contributed by atoms with E-state index in [1.54, 1.807) is 6.92 Å². The molecule has 10 heteroatoms. The molecule has 27 heavy (non-hydrogen) atoms. The van der Waals surface area contributed by atoms with E-state index in [9.17, 15) is 25.0 Å². The van der Waals surface area contributed by atoms with E-state index in [1.165, 1.54) is 19.1 Å². The van der Waals surface area contributed by atoms with E-state index < -0.39 is 22.2 Å². The number of hydrogen-bond donors (Lipinski definition) is 2. The van der Waals surface area contributed by atoms with Gasteiger partial charge in [0.1, 0.15) is 23.0 Å². The summed E-state index contributed by atoms with van der Waals surface area (Å²) in [5, 5.41) is 23.4. The molecule has 1 atom stereocenters. The number of nitriles is 1. The first-order chi connectivity index (χ1) is 12.8. The minimum absolute atomic E-state index is 0.0101. The van der Waals surface area contributed by atoms with Crippen LogP contribution in [0.3, 0.4) is 0 Å². The van der Waals surface area contributed by atoms with Crippen LogP contribution in [0.15, 0.2) is 41.0 Å². The predicted molar refractivity (Wildman–Crippen MR) is 90.6 cm³/mol. The van der Waals surface area contributed by atoms with Crippen molar-refractivity contribution < 1.29 is 24.0 Å². The summed E-state index contributed by atoms with van der Waals surface area (Å²) in [5.74, 6) is -2.02. The zero-order valence-corrected chi connectivity index (χ0v) is 14.4. The van der Waals surface area contributed by atoms with Gasteiger partial charge in [0.05, 0.1) is 11.5 Å². The number of non-ortho nitro benzene ring substituents is 1.